The van der Waals surface area contributed by atoms with Crippen LogP contribution in [0.5, 0.6) is 5.75 Å². The molecule has 6 atom stereocenters. The molecule has 0 unspecified atom stereocenters. The lowest BCUT2D eigenvalue weighted by atomic mass is 9.68. The first kappa shape index (κ1) is 57.2. The van der Waals surface area contributed by atoms with Crippen molar-refractivity contribution in [3.63, 3.8) is 0 Å². The van der Waals surface area contributed by atoms with Crippen LogP contribution in [0.3, 0.4) is 0 Å². The Labute approximate surface area is 419 Å². The molecule has 2 aromatic carbocycles. The number of anilines is 1. The topological polar surface area (TPSA) is 144 Å². The van der Waals surface area contributed by atoms with Crippen LogP contribution in [0.25, 0.3) is 0 Å². The number of hydrogen-bond acceptors (Lipinski definition) is 11. The van der Waals surface area contributed by atoms with Gasteiger partial charge in [-0.1, -0.05) is 30.7 Å². The molecule has 2 aliphatic carbocycles. The van der Waals surface area contributed by atoms with Gasteiger partial charge in [0.1, 0.15) is 5.75 Å². The Kier molecular flexibility index (Phi) is 19.9. The van der Waals surface area contributed by atoms with Crippen LogP contribution in [0.15, 0.2) is 48.6 Å². The number of nitrogens with zero attached hydrogens (tertiary/aromatic N) is 3. The molecule has 0 aromatic heterocycles. The summed E-state index contributed by atoms with van der Waals surface area (Å²) >= 11 is 6.37. The Morgan fingerprint density at radius 3 is 2.14 bits per heavy atom. The standard InChI is InChI=1S/C32H37ClN2O5S.C10H17F3N2O.C9H21BO3/c1-20-5-3-7-29(36)26-11-8-24(26)17-35-18-32(14-4-6-22-15-25(33)10-12-27(22)32)19-40-30-13-9-23(16-28(30)35)31(37)34-41(38,39)21(20)2;1-7(2)15-5-4-14(6-8(15)3)9(16)10(11,12)13;1-7(2)11-10(12-8(3)4)13-9(5)6/h3,7,9-10,12-13,15-16,20-21,24,26H,4-6,8,11,14,17-19H2,1-2H3,(H,34,37);7-8H,4-6H2,1-3H3;7-9H,1-6H3/b7-3+;;/t20-,21+,24-,26+,32-;8-;/m01./s1. The van der Waals surface area contributed by atoms with Gasteiger partial charge in [-0.15, -0.1) is 0 Å². The maximum Gasteiger partial charge on any atom is 0.639 e. The number of nitrogens with one attached hydrogen (secondary N) is 1. The molecule has 2 amide bonds. The van der Waals surface area contributed by atoms with E-state index in [-0.39, 0.29) is 78.0 Å². The molecule has 3 heterocycles. The fourth-order valence-corrected chi connectivity index (χ4v) is 11.3. The highest BCUT2D eigenvalue weighted by Gasteiger charge is 2.46. The highest BCUT2D eigenvalue weighted by molar-refractivity contribution is 7.90. The molecular formula is C51H75BClF3N4O9S. The average molecular weight is 1020 g/mol. The van der Waals surface area contributed by atoms with Gasteiger partial charge in [-0.05, 0) is 167 Å². The number of hydrogen-bond donors (Lipinski definition) is 1. The van der Waals surface area contributed by atoms with Gasteiger partial charge < -0.3 is 28.5 Å². The van der Waals surface area contributed by atoms with Crippen molar-refractivity contribution in [2.75, 3.05) is 44.2 Å². The lowest BCUT2D eigenvalue weighted by molar-refractivity contribution is -0.188. The molecule has 13 nitrogen and oxygen atoms in total. The fourth-order valence-electron chi connectivity index (χ4n) is 9.87. The molecule has 3 aliphatic heterocycles. The van der Waals surface area contributed by atoms with Gasteiger partial charge in [-0.25, -0.2) is 13.1 Å². The molecule has 1 saturated heterocycles. The van der Waals surface area contributed by atoms with E-state index in [1.54, 1.807) is 37.3 Å². The zero-order valence-electron chi connectivity index (χ0n) is 42.8. The molecule has 0 radical (unpaired) electrons. The number of piperazine rings is 1. The molecule has 19 heteroatoms. The molecule has 390 valence electrons. The second-order valence-corrected chi connectivity index (χ2v) is 23.2. The summed E-state index contributed by atoms with van der Waals surface area (Å²) < 4.78 is 87.9. The third kappa shape index (κ3) is 15.0. The summed E-state index contributed by atoms with van der Waals surface area (Å²) in [6, 6.07) is 11.5. The Morgan fingerprint density at radius 2 is 1.57 bits per heavy atom. The van der Waals surface area contributed by atoms with E-state index in [9.17, 15) is 36.0 Å². The van der Waals surface area contributed by atoms with Crippen molar-refractivity contribution in [3.8, 4) is 5.75 Å². The first-order chi connectivity index (χ1) is 32.7. The molecule has 7 rings (SSSR count). The lowest BCUT2D eigenvalue weighted by Gasteiger charge is -2.44. The van der Waals surface area contributed by atoms with Gasteiger partial charge in [0.05, 0.1) is 17.5 Å². The highest BCUT2D eigenvalue weighted by atomic mass is 35.5. The van der Waals surface area contributed by atoms with Crippen molar-refractivity contribution in [2.24, 2.45) is 17.8 Å². The second-order valence-electron chi connectivity index (χ2n) is 20.7. The molecule has 2 aromatic rings. The SMILES string of the molecule is CC(C)N1CCN(C(=O)C(F)(F)F)C[C@H]1C.CC(C)OB(OC(C)C)OC(C)C.C[C@@H]1[C@@H](C)C/C=C/C(=O)[C@@H]2CC[C@H]2CN2C[C@@]3(CCCc4cc(Cl)ccc43)COc3ccc(cc32)C(=O)NS1(=O)=O. The third-order valence-electron chi connectivity index (χ3n) is 13.9. The van der Waals surface area contributed by atoms with E-state index in [1.807, 2.05) is 75.3 Å². The van der Waals surface area contributed by atoms with Crippen LogP contribution < -0.4 is 14.4 Å². The van der Waals surface area contributed by atoms with Gasteiger partial charge in [0.15, 0.2) is 5.78 Å². The van der Waals surface area contributed by atoms with Crippen molar-refractivity contribution in [1.29, 1.82) is 0 Å². The molecule has 2 fully saturated rings. The lowest BCUT2D eigenvalue weighted by Crippen LogP contribution is -2.57. The van der Waals surface area contributed by atoms with Crippen LogP contribution in [0.4, 0.5) is 18.9 Å². The molecule has 2 bridgehead atoms. The Bertz CT molecular complexity index is 2240. The first-order valence-electron chi connectivity index (χ1n) is 24.9. The summed E-state index contributed by atoms with van der Waals surface area (Å²) in [7, 11) is -4.47. The quantitative estimate of drug-likeness (QED) is 0.265. The second kappa shape index (κ2) is 24.4. The average Bonchev–Trinajstić information content (AvgIpc) is 3.39. The van der Waals surface area contributed by atoms with Gasteiger partial charge in [-0.2, -0.15) is 13.2 Å². The number of halogens is 4. The van der Waals surface area contributed by atoms with Crippen LogP contribution in [-0.2, 0) is 45.4 Å². The maximum absolute atomic E-state index is 13.3. The maximum atomic E-state index is 13.3. The predicted molar refractivity (Wildman–Crippen MR) is 269 cm³/mol. The molecular weight excluding hydrogens is 948 g/mol. The smallest absolute Gasteiger partial charge is 0.490 e. The van der Waals surface area contributed by atoms with E-state index in [0.29, 0.717) is 38.4 Å². The summed E-state index contributed by atoms with van der Waals surface area (Å²) in [5.74, 6) is -1.75. The minimum absolute atomic E-state index is 0.0277. The summed E-state index contributed by atoms with van der Waals surface area (Å²) in [5, 5.41) is -0.0854. The number of carbonyl (C=O) groups is 3. The number of alkyl halides is 3. The van der Waals surface area contributed by atoms with Gasteiger partial charge in [0, 0.05) is 85.0 Å². The number of rotatable bonds is 7. The number of sulfonamides is 1. The summed E-state index contributed by atoms with van der Waals surface area (Å²) in [6.45, 7) is 23.6. The number of ketones is 1. The third-order valence-corrected chi connectivity index (χ3v) is 16.0. The van der Waals surface area contributed by atoms with Crippen molar-refractivity contribution >= 4 is 52.2 Å². The van der Waals surface area contributed by atoms with E-state index >= 15 is 0 Å². The number of ether oxygens (including phenoxy) is 1. The number of fused-ring (bicyclic) bond motifs is 4. The highest BCUT2D eigenvalue weighted by Crippen LogP contribution is 2.46. The van der Waals surface area contributed by atoms with E-state index < -0.39 is 40.6 Å². The summed E-state index contributed by atoms with van der Waals surface area (Å²) in [4.78, 5) is 42.8. The Morgan fingerprint density at radius 1 is 0.914 bits per heavy atom. The molecule has 1 N–H and O–H groups in total. The Hall–Kier alpha value is -3.68. The fraction of sp³-hybridized carbons (Fsp3) is 0.667. The molecule has 1 saturated carbocycles. The number of allylic oxidation sites excluding steroid dienone is 2. The van der Waals surface area contributed by atoms with Crippen molar-refractivity contribution in [1.82, 2.24) is 14.5 Å². The van der Waals surface area contributed by atoms with Gasteiger partial charge >= 0.3 is 19.4 Å². The van der Waals surface area contributed by atoms with E-state index in [0.717, 1.165) is 47.7 Å². The van der Waals surface area contributed by atoms with Gasteiger partial charge in [-0.3, -0.25) is 19.3 Å². The molecule has 1 spiro atoms. The predicted octanol–water partition coefficient (Wildman–Crippen LogP) is 9.19. The van der Waals surface area contributed by atoms with E-state index in [2.05, 4.69) is 26.7 Å². The number of amides is 2. The monoisotopic (exact) mass is 1020 g/mol. The summed E-state index contributed by atoms with van der Waals surface area (Å²) in [5.41, 5.74) is 3.22. The zero-order valence-corrected chi connectivity index (χ0v) is 44.4. The number of aryl methyl sites for hydroxylation is 1. The molecule has 70 heavy (non-hydrogen) atoms. The minimum Gasteiger partial charge on any atom is -0.490 e. The normalized spacial score (nSPS) is 26.4. The largest absolute Gasteiger partial charge is 0.639 e. The minimum atomic E-state index is -4.75. The van der Waals surface area contributed by atoms with Crippen LogP contribution in [-0.4, -0.2) is 124 Å². The zero-order chi connectivity index (χ0) is 51.9. The van der Waals surface area contributed by atoms with Gasteiger partial charge in [0.25, 0.3) is 5.91 Å². The van der Waals surface area contributed by atoms with Crippen molar-refractivity contribution < 1.29 is 54.7 Å². The van der Waals surface area contributed by atoms with Crippen LogP contribution in [0.1, 0.15) is 130 Å². The number of benzene rings is 2. The van der Waals surface area contributed by atoms with E-state index in [1.165, 1.54) is 11.1 Å². The Balaban J connectivity index is 0.000000258. The summed E-state index contributed by atoms with van der Waals surface area (Å²) in [6.07, 6.45) is 4.19. The molecule has 5 aliphatic rings. The van der Waals surface area contributed by atoms with Crippen LogP contribution in [0.2, 0.25) is 5.02 Å². The van der Waals surface area contributed by atoms with Crippen molar-refractivity contribution in [2.45, 2.75) is 162 Å². The number of carbonyl (C=O) groups excluding carboxylic acids is 3. The van der Waals surface area contributed by atoms with Crippen molar-refractivity contribution in [3.05, 3.63) is 70.3 Å². The van der Waals surface area contributed by atoms with Crippen LogP contribution in [0, 0.1) is 17.8 Å². The van der Waals surface area contributed by atoms with E-state index in [4.69, 9.17) is 30.3 Å². The first-order valence-corrected chi connectivity index (χ1v) is 26.8. The van der Waals surface area contributed by atoms with Gasteiger partial charge in [0.2, 0.25) is 10.0 Å². The van der Waals surface area contributed by atoms with Crippen LogP contribution >= 0.6 is 11.6 Å².